The molecule has 2 rings (SSSR count). The molecule has 144 valence electrons. The molecule has 27 heavy (non-hydrogen) atoms. The minimum Gasteiger partial charge on any atom is -0.493 e. The lowest BCUT2D eigenvalue weighted by molar-refractivity contribution is -0.138. The van der Waals surface area contributed by atoms with E-state index in [1.54, 1.807) is 7.11 Å². The number of benzene rings is 2. The highest BCUT2D eigenvalue weighted by Gasteiger charge is 2.12. The predicted octanol–water partition coefficient (Wildman–Crippen LogP) is 3.19. The Kier molecular flexibility index (Phi) is 8.16. The summed E-state index contributed by atoms with van der Waals surface area (Å²) < 4.78 is 11.3. The summed E-state index contributed by atoms with van der Waals surface area (Å²) in [5.41, 5.74) is 2.05. The first-order chi connectivity index (χ1) is 13.1. The van der Waals surface area contributed by atoms with Crippen molar-refractivity contribution in [3.63, 3.8) is 0 Å². The number of carbonyl (C=O) groups excluding carboxylic acids is 1. The van der Waals surface area contributed by atoms with Gasteiger partial charge in [-0.25, -0.2) is 0 Å². The molecule has 2 aromatic rings. The number of carbonyl (C=O) groups is 2. The van der Waals surface area contributed by atoms with Crippen molar-refractivity contribution in [2.45, 2.75) is 32.2 Å². The Bertz CT molecular complexity index is 745. The molecule has 0 saturated carbocycles. The summed E-state index contributed by atoms with van der Waals surface area (Å²) >= 11 is 0. The highest BCUT2D eigenvalue weighted by molar-refractivity contribution is 5.80. The Labute approximate surface area is 159 Å². The van der Waals surface area contributed by atoms with Gasteiger partial charge in [-0.15, -0.1) is 0 Å². The fraction of sp³-hybridized carbons (Fsp3) is 0.333. The normalized spacial score (nSPS) is 10.3. The second-order valence-corrected chi connectivity index (χ2v) is 6.06. The summed E-state index contributed by atoms with van der Waals surface area (Å²) in [5, 5.41) is 11.4. The number of methoxy groups -OCH3 is 1. The largest absolute Gasteiger partial charge is 0.493 e. The highest BCUT2D eigenvalue weighted by Crippen LogP contribution is 2.31. The molecule has 0 aliphatic heterocycles. The van der Waals surface area contributed by atoms with Crippen LogP contribution in [0.15, 0.2) is 48.5 Å². The molecule has 0 radical (unpaired) electrons. The average Bonchev–Trinajstić information content (AvgIpc) is 2.69. The van der Waals surface area contributed by atoms with E-state index in [1.807, 2.05) is 36.4 Å². The van der Waals surface area contributed by atoms with Crippen LogP contribution in [0.1, 0.15) is 30.4 Å². The van der Waals surface area contributed by atoms with E-state index in [1.165, 1.54) is 5.56 Å². The molecule has 0 unspecified atom stereocenters. The Morgan fingerprint density at radius 1 is 1.04 bits per heavy atom. The maximum atomic E-state index is 11.8. The average molecular weight is 371 g/mol. The topological polar surface area (TPSA) is 84.9 Å². The van der Waals surface area contributed by atoms with Gasteiger partial charge in [0.25, 0.3) is 0 Å². The number of amides is 1. The van der Waals surface area contributed by atoms with Gasteiger partial charge in [-0.2, -0.15) is 0 Å². The number of carboxylic acid groups (broad SMARTS) is 1. The summed E-state index contributed by atoms with van der Waals surface area (Å²) in [6.07, 6.45) is 1.53. The maximum absolute atomic E-state index is 11.8. The number of carboxylic acids is 1. The number of hydrogen-bond acceptors (Lipinski definition) is 4. The minimum atomic E-state index is -0.992. The molecule has 0 saturated heterocycles. The fourth-order valence-corrected chi connectivity index (χ4v) is 2.62. The molecule has 0 fully saturated rings. The smallest absolute Gasteiger partial charge is 0.303 e. The van der Waals surface area contributed by atoms with E-state index in [-0.39, 0.29) is 25.3 Å². The summed E-state index contributed by atoms with van der Waals surface area (Å²) in [7, 11) is 1.57. The molecule has 6 heteroatoms. The molecule has 0 bridgehead atoms. The van der Waals surface area contributed by atoms with E-state index in [0.717, 1.165) is 18.4 Å². The monoisotopic (exact) mass is 371 g/mol. The van der Waals surface area contributed by atoms with Gasteiger partial charge in [-0.3, -0.25) is 9.59 Å². The molecule has 0 aromatic heterocycles. The standard InChI is InChI=1S/C21H25NO5/c1-26-18-11-5-10-17(15-22-19(23)12-13-20(24)25)21(18)27-14-6-9-16-7-3-2-4-8-16/h2-5,7-8,10-11H,6,9,12-15H2,1H3,(H,22,23)(H,24,25). The summed E-state index contributed by atoms with van der Waals surface area (Å²) in [5.74, 6) is -0.0946. The lowest BCUT2D eigenvalue weighted by Crippen LogP contribution is -2.23. The highest BCUT2D eigenvalue weighted by atomic mass is 16.5. The number of nitrogens with one attached hydrogen (secondary N) is 1. The van der Waals surface area contributed by atoms with E-state index in [0.29, 0.717) is 18.1 Å². The SMILES string of the molecule is COc1cccc(CNC(=O)CCC(=O)O)c1OCCCc1ccccc1. The van der Waals surface area contributed by atoms with Crippen molar-refractivity contribution < 1.29 is 24.2 Å². The molecule has 6 nitrogen and oxygen atoms in total. The van der Waals surface area contributed by atoms with Crippen LogP contribution in [0.25, 0.3) is 0 Å². The zero-order valence-corrected chi connectivity index (χ0v) is 15.4. The quantitative estimate of drug-likeness (QED) is 0.593. The van der Waals surface area contributed by atoms with Crippen LogP contribution in [0.4, 0.5) is 0 Å². The van der Waals surface area contributed by atoms with E-state index in [4.69, 9.17) is 14.6 Å². The molecule has 2 N–H and O–H groups in total. The van der Waals surface area contributed by atoms with Crippen molar-refractivity contribution >= 4 is 11.9 Å². The van der Waals surface area contributed by atoms with Crippen molar-refractivity contribution in [3.8, 4) is 11.5 Å². The third kappa shape index (κ3) is 7.01. The van der Waals surface area contributed by atoms with Crippen molar-refractivity contribution in [3.05, 3.63) is 59.7 Å². The second kappa shape index (κ2) is 10.9. The van der Waals surface area contributed by atoms with Crippen LogP contribution < -0.4 is 14.8 Å². The Hall–Kier alpha value is -3.02. The Morgan fingerprint density at radius 2 is 1.81 bits per heavy atom. The van der Waals surface area contributed by atoms with Crippen LogP contribution >= 0.6 is 0 Å². The number of aliphatic carboxylic acids is 1. The van der Waals surface area contributed by atoms with Crippen LogP contribution in [-0.4, -0.2) is 30.7 Å². The van der Waals surface area contributed by atoms with Crippen LogP contribution in [0.3, 0.4) is 0 Å². The number of aryl methyl sites for hydroxylation is 1. The second-order valence-electron chi connectivity index (χ2n) is 6.06. The molecule has 0 aliphatic carbocycles. The van der Waals surface area contributed by atoms with Gasteiger partial charge in [0, 0.05) is 18.5 Å². The summed E-state index contributed by atoms with van der Waals surface area (Å²) in [6.45, 7) is 0.777. The van der Waals surface area contributed by atoms with Crippen molar-refractivity contribution in [2.75, 3.05) is 13.7 Å². The van der Waals surface area contributed by atoms with Gasteiger partial charge in [0.1, 0.15) is 0 Å². The lowest BCUT2D eigenvalue weighted by atomic mass is 10.1. The fourth-order valence-electron chi connectivity index (χ4n) is 2.62. The van der Waals surface area contributed by atoms with Crippen molar-refractivity contribution in [1.29, 1.82) is 0 Å². The van der Waals surface area contributed by atoms with Gasteiger partial charge in [-0.05, 0) is 24.5 Å². The summed E-state index contributed by atoms with van der Waals surface area (Å²) in [4.78, 5) is 22.3. The summed E-state index contributed by atoms with van der Waals surface area (Å²) in [6, 6.07) is 15.7. The first kappa shape index (κ1) is 20.3. The van der Waals surface area contributed by atoms with Crippen LogP contribution in [0.5, 0.6) is 11.5 Å². The third-order valence-electron chi connectivity index (χ3n) is 4.02. The van der Waals surface area contributed by atoms with Crippen LogP contribution in [0, 0.1) is 0 Å². The van der Waals surface area contributed by atoms with Crippen LogP contribution in [0.2, 0.25) is 0 Å². The Morgan fingerprint density at radius 3 is 2.52 bits per heavy atom. The zero-order valence-electron chi connectivity index (χ0n) is 15.4. The third-order valence-corrected chi connectivity index (χ3v) is 4.02. The molecule has 0 atom stereocenters. The molecular formula is C21H25NO5. The minimum absolute atomic E-state index is 0.0490. The van der Waals surface area contributed by atoms with E-state index < -0.39 is 5.97 Å². The predicted molar refractivity (Wildman–Crippen MR) is 102 cm³/mol. The van der Waals surface area contributed by atoms with Crippen molar-refractivity contribution in [2.24, 2.45) is 0 Å². The molecular weight excluding hydrogens is 346 g/mol. The molecule has 0 heterocycles. The number of hydrogen-bond donors (Lipinski definition) is 2. The van der Waals surface area contributed by atoms with Gasteiger partial charge in [0.15, 0.2) is 11.5 Å². The zero-order chi connectivity index (χ0) is 19.5. The van der Waals surface area contributed by atoms with Crippen molar-refractivity contribution in [1.82, 2.24) is 5.32 Å². The van der Waals surface area contributed by atoms with E-state index in [9.17, 15) is 9.59 Å². The van der Waals surface area contributed by atoms with Gasteiger partial charge in [0.05, 0.1) is 20.1 Å². The van der Waals surface area contributed by atoms with E-state index in [2.05, 4.69) is 17.4 Å². The maximum Gasteiger partial charge on any atom is 0.303 e. The first-order valence-electron chi connectivity index (χ1n) is 8.91. The number of para-hydroxylation sites is 1. The number of rotatable bonds is 11. The number of ether oxygens (including phenoxy) is 2. The molecule has 0 spiro atoms. The van der Waals surface area contributed by atoms with Crippen LogP contribution in [-0.2, 0) is 22.6 Å². The molecule has 1 amide bonds. The lowest BCUT2D eigenvalue weighted by Gasteiger charge is -2.15. The molecule has 2 aromatic carbocycles. The van der Waals surface area contributed by atoms with E-state index >= 15 is 0 Å². The van der Waals surface area contributed by atoms with Gasteiger partial charge >= 0.3 is 5.97 Å². The molecule has 0 aliphatic rings. The Balaban J connectivity index is 1.91. The van der Waals surface area contributed by atoms with Gasteiger partial charge in [0.2, 0.25) is 5.91 Å². The first-order valence-corrected chi connectivity index (χ1v) is 8.91. The van der Waals surface area contributed by atoms with Gasteiger partial charge < -0.3 is 19.9 Å². The van der Waals surface area contributed by atoms with Gasteiger partial charge in [-0.1, -0.05) is 42.5 Å².